The quantitative estimate of drug-likeness (QED) is 0.632. The van der Waals surface area contributed by atoms with Gasteiger partial charge in [-0.15, -0.1) is 0 Å². The molecule has 0 aromatic heterocycles. The van der Waals surface area contributed by atoms with E-state index in [-0.39, 0.29) is 17.9 Å². The molecule has 2 aliphatic heterocycles. The maximum absolute atomic E-state index is 12.7. The predicted molar refractivity (Wildman–Crippen MR) is 98.6 cm³/mol. The first-order valence-corrected chi connectivity index (χ1v) is 9.15. The van der Waals surface area contributed by atoms with Crippen molar-refractivity contribution in [2.75, 3.05) is 6.54 Å². The minimum Gasteiger partial charge on any atom is -0.287 e. The fourth-order valence-corrected chi connectivity index (χ4v) is 4.59. The van der Waals surface area contributed by atoms with E-state index < -0.39 is 0 Å². The standard InChI is InChI=1S/C22H20N2O2/c25-21-18-8-4-5-9-19(18)22(26)24(21)14-20-16-10-11-17(12-16)23(20)13-15-6-2-1-3-7-15/h1-11,16-17,20H,12-14H2/t16-,17+,20+/m1/s1. The number of carbonyl (C=O) groups excluding carboxylic acids is 2. The first-order chi connectivity index (χ1) is 12.7. The van der Waals surface area contributed by atoms with Gasteiger partial charge in [-0.25, -0.2) is 0 Å². The summed E-state index contributed by atoms with van der Waals surface area (Å²) in [4.78, 5) is 29.4. The van der Waals surface area contributed by atoms with Crippen molar-refractivity contribution in [3.8, 4) is 0 Å². The van der Waals surface area contributed by atoms with Crippen LogP contribution in [0.4, 0.5) is 0 Å². The summed E-state index contributed by atoms with van der Waals surface area (Å²) in [7, 11) is 0. The minimum atomic E-state index is -0.156. The van der Waals surface area contributed by atoms with Crippen LogP contribution in [0.5, 0.6) is 0 Å². The number of fused-ring (bicyclic) bond motifs is 3. The molecule has 2 heterocycles. The molecule has 0 unspecified atom stereocenters. The fraction of sp³-hybridized carbons (Fsp3) is 0.273. The van der Waals surface area contributed by atoms with E-state index in [1.165, 1.54) is 10.5 Å². The van der Waals surface area contributed by atoms with E-state index in [4.69, 9.17) is 0 Å². The van der Waals surface area contributed by atoms with Crippen LogP contribution in [0.15, 0.2) is 66.7 Å². The van der Waals surface area contributed by atoms with Gasteiger partial charge in [-0.3, -0.25) is 19.4 Å². The molecule has 4 nitrogen and oxygen atoms in total. The summed E-state index contributed by atoms with van der Waals surface area (Å²) in [5.41, 5.74) is 2.33. The summed E-state index contributed by atoms with van der Waals surface area (Å²) < 4.78 is 0. The van der Waals surface area contributed by atoms with Gasteiger partial charge >= 0.3 is 0 Å². The van der Waals surface area contributed by atoms with Crippen molar-refractivity contribution in [2.45, 2.75) is 25.0 Å². The van der Waals surface area contributed by atoms with Crippen molar-refractivity contribution in [1.29, 1.82) is 0 Å². The van der Waals surface area contributed by atoms with Crippen LogP contribution in [-0.4, -0.2) is 40.2 Å². The summed E-state index contributed by atoms with van der Waals surface area (Å²) >= 11 is 0. The monoisotopic (exact) mass is 344 g/mol. The van der Waals surface area contributed by atoms with Crippen LogP contribution in [-0.2, 0) is 6.54 Å². The molecule has 0 saturated carbocycles. The Labute approximate surface area is 152 Å². The molecule has 2 aromatic carbocycles. The Morgan fingerprint density at radius 2 is 1.50 bits per heavy atom. The number of likely N-dealkylation sites (tertiary alicyclic amines) is 1. The molecule has 4 heteroatoms. The average Bonchev–Trinajstić information content (AvgIpc) is 3.34. The van der Waals surface area contributed by atoms with Gasteiger partial charge in [0.2, 0.25) is 0 Å². The molecule has 1 aliphatic carbocycles. The lowest BCUT2D eigenvalue weighted by atomic mass is 10.0. The molecular formula is C22H20N2O2. The van der Waals surface area contributed by atoms with E-state index in [0.717, 1.165) is 13.0 Å². The predicted octanol–water partition coefficient (Wildman–Crippen LogP) is 3.11. The number of rotatable bonds is 4. The molecular weight excluding hydrogens is 324 g/mol. The number of nitrogens with zero attached hydrogens (tertiary/aromatic N) is 2. The molecule has 5 rings (SSSR count). The lowest BCUT2D eigenvalue weighted by molar-refractivity contribution is 0.0582. The second-order valence-corrected chi connectivity index (χ2v) is 7.34. The van der Waals surface area contributed by atoms with Gasteiger partial charge in [-0.05, 0) is 30.0 Å². The molecule has 3 aliphatic rings. The molecule has 2 amide bonds. The number of imide groups is 1. The maximum Gasteiger partial charge on any atom is 0.261 e. The van der Waals surface area contributed by atoms with Crippen LogP contribution in [0.2, 0.25) is 0 Å². The van der Waals surface area contributed by atoms with Crippen LogP contribution in [0.1, 0.15) is 32.7 Å². The first kappa shape index (κ1) is 15.5. The number of hydrogen-bond acceptors (Lipinski definition) is 3. The number of carbonyl (C=O) groups is 2. The normalized spacial score (nSPS) is 26.8. The number of benzene rings is 2. The number of hydrogen-bond donors (Lipinski definition) is 0. The minimum absolute atomic E-state index is 0.156. The second-order valence-electron chi connectivity index (χ2n) is 7.34. The summed E-state index contributed by atoms with van der Waals surface area (Å²) in [5, 5.41) is 0. The van der Waals surface area contributed by atoms with Crippen LogP contribution < -0.4 is 0 Å². The summed E-state index contributed by atoms with van der Waals surface area (Å²) in [6.07, 6.45) is 5.61. The fourth-order valence-electron chi connectivity index (χ4n) is 4.59. The van der Waals surface area contributed by atoms with Crippen LogP contribution >= 0.6 is 0 Å². The smallest absolute Gasteiger partial charge is 0.261 e. The summed E-state index contributed by atoms with van der Waals surface area (Å²) in [5.74, 6) is 0.0991. The highest BCUT2D eigenvalue weighted by Gasteiger charge is 2.46. The molecule has 1 fully saturated rings. The Morgan fingerprint density at radius 1 is 0.846 bits per heavy atom. The topological polar surface area (TPSA) is 40.6 Å². The first-order valence-electron chi connectivity index (χ1n) is 9.15. The molecule has 0 N–H and O–H groups in total. The van der Waals surface area contributed by atoms with E-state index in [1.54, 1.807) is 12.1 Å². The third-order valence-corrected chi connectivity index (χ3v) is 5.90. The van der Waals surface area contributed by atoms with E-state index in [1.807, 2.05) is 18.2 Å². The molecule has 3 atom stereocenters. The lowest BCUT2D eigenvalue weighted by Gasteiger charge is -2.34. The zero-order chi connectivity index (χ0) is 17.7. The van der Waals surface area contributed by atoms with Crippen molar-refractivity contribution < 1.29 is 9.59 Å². The zero-order valence-electron chi connectivity index (χ0n) is 14.4. The third-order valence-electron chi connectivity index (χ3n) is 5.90. The lowest BCUT2D eigenvalue weighted by Crippen LogP contribution is -2.47. The van der Waals surface area contributed by atoms with Gasteiger partial charge in [0.05, 0.1) is 11.1 Å². The van der Waals surface area contributed by atoms with Crippen molar-refractivity contribution >= 4 is 11.8 Å². The van der Waals surface area contributed by atoms with Gasteiger partial charge in [-0.2, -0.15) is 0 Å². The molecule has 2 bridgehead atoms. The molecule has 1 saturated heterocycles. The Bertz CT molecular complexity index is 870. The Kier molecular flexibility index (Phi) is 3.54. The highest BCUT2D eigenvalue weighted by molar-refractivity contribution is 6.21. The second kappa shape index (κ2) is 5.92. The van der Waals surface area contributed by atoms with Crippen molar-refractivity contribution in [3.05, 3.63) is 83.4 Å². The Morgan fingerprint density at radius 3 is 2.19 bits per heavy atom. The highest BCUT2D eigenvalue weighted by Crippen LogP contribution is 2.39. The molecule has 130 valence electrons. The van der Waals surface area contributed by atoms with E-state index in [2.05, 4.69) is 41.3 Å². The number of amides is 2. The van der Waals surface area contributed by atoms with Gasteiger partial charge in [0.1, 0.15) is 0 Å². The van der Waals surface area contributed by atoms with Gasteiger partial charge in [0, 0.05) is 25.2 Å². The van der Waals surface area contributed by atoms with Crippen molar-refractivity contribution in [3.63, 3.8) is 0 Å². The van der Waals surface area contributed by atoms with Gasteiger partial charge in [0.25, 0.3) is 11.8 Å². The van der Waals surface area contributed by atoms with E-state index in [9.17, 15) is 9.59 Å². The molecule has 0 radical (unpaired) electrons. The third kappa shape index (κ3) is 2.33. The van der Waals surface area contributed by atoms with Crippen molar-refractivity contribution in [2.24, 2.45) is 5.92 Å². The SMILES string of the molecule is O=C1c2ccccc2C(=O)N1C[C@H]1[C@@H]2C=C[C@@H](C2)N1Cc1ccccc1. The van der Waals surface area contributed by atoms with E-state index >= 15 is 0 Å². The van der Waals surface area contributed by atoms with Crippen LogP contribution in [0.25, 0.3) is 0 Å². The largest absolute Gasteiger partial charge is 0.287 e. The van der Waals surface area contributed by atoms with Crippen LogP contribution in [0.3, 0.4) is 0 Å². The maximum atomic E-state index is 12.7. The van der Waals surface area contributed by atoms with Crippen molar-refractivity contribution in [1.82, 2.24) is 9.80 Å². The van der Waals surface area contributed by atoms with Gasteiger partial charge in [0.15, 0.2) is 0 Å². The van der Waals surface area contributed by atoms with Gasteiger partial charge < -0.3 is 0 Å². The molecule has 2 aromatic rings. The Balaban J connectivity index is 1.40. The molecule has 0 spiro atoms. The average molecular weight is 344 g/mol. The molecule has 26 heavy (non-hydrogen) atoms. The van der Waals surface area contributed by atoms with Gasteiger partial charge in [-0.1, -0.05) is 54.6 Å². The zero-order valence-corrected chi connectivity index (χ0v) is 14.4. The van der Waals surface area contributed by atoms with Crippen LogP contribution in [0, 0.1) is 5.92 Å². The van der Waals surface area contributed by atoms with E-state index in [0.29, 0.717) is 29.6 Å². The Hall–Kier alpha value is -2.72. The summed E-state index contributed by atoms with van der Waals surface area (Å²) in [6, 6.07) is 18.1. The highest BCUT2D eigenvalue weighted by atomic mass is 16.2. The summed E-state index contributed by atoms with van der Waals surface area (Å²) in [6.45, 7) is 1.31.